The van der Waals surface area contributed by atoms with Crippen LogP contribution < -0.4 is 10.6 Å². The molecule has 1 heterocycles. The largest absolute Gasteiger partial charge is 0.383 e. The van der Waals surface area contributed by atoms with Gasteiger partial charge in [-0.3, -0.25) is 9.59 Å². The smallest absolute Gasteiger partial charge is 0.265 e. The molecule has 3 rings (SSSR count). The number of ether oxygens (including phenoxy) is 1. The highest BCUT2D eigenvalue weighted by atomic mass is 16.6. The summed E-state index contributed by atoms with van der Waals surface area (Å²) >= 11 is 0. The monoisotopic (exact) mass is 395 g/mol. The Hall–Kier alpha value is -3.19. The molecule has 29 heavy (non-hydrogen) atoms. The van der Waals surface area contributed by atoms with Crippen LogP contribution in [0.3, 0.4) is 0 Å². The van der Waals surface area contributed by atoms with E-state index in [1.165, 1.54) is 0 Å². The molecule has 0 bridgehead atoms. The van der Waals surface area contributed by atoms with Gasteiger partial charge in [0.25, 0.3) is 5.91 Å². The van der Waals surface area contributed by atoms with E-state index in [0.717, 1.165) is 16.8 Å². The van der Waals surface area contributed by atoms with Gasteiger partial charge in [-0.2, -0.15) is 0 Å². The van der Waals surface area contributed by atoms with Crippen LogP contribution in [-0.2, 0) is 25.6 Å². The molecule has 0 aliphatic carbocycles. The van der Waals surface area contributed by atoms with E-state index in [-0.39, 0.29) is 11.8 Å². The molecule has 0 fully saturated rings. The molecule has 152 valence electrons. The second-order valence-electron chi connectivity index (χ2n) is 6.74. The van der Waals surface area contributed by atoms with Gasteiger partial charge in [0.15, 0.2) is 0 Å². The van der Waals surface area contributed by atoms with Crippen LogP contribution >= 0.6 is 0 Å². The molecule has 0 radical (unpaired) electrons. The van der Waals surface area contributed by atoms with E-state index in [9.17, 15) is 9.59 Å². The number of nitrogens with one attached hydrogen (secondary N) is 2. The third kappa shape index (κ3) is 5.89. The lowest BCUT2D eigenvalue weighted by Crippen LogP contribution is -2.51. The first-order chi connectivity index (χ1) is 14.2. The number of methoxy groups -OCH3 is 1. The lowest BCUT2D eigenvalue weighted by molar-refractivity contribution is -0.135. The first kappa shape index (κ1) is 20.5. The van der Waals surface area contributed by atoms with Crippen LogP contribution in [0.5, 0.6) is 0 Å². The van der Waals surface area contributed by atoms with Crippen LogP contribution in [-0.4, -0.2) is 49.9 Å². The van der Waals surface area contributed by atoms with Gasteiger partial charge in [0.2, 0.25) is 12.0 Å². The van der Waals surface area contributed by atoms with Gasteiger partial charge in [-0.25, -0.2) is 0 Å². The molecule has 2 atom stereocenters. The molecule has 0 saturated carbocycles. The second-order valence-corrected chi connectivity index (χ2v) is 6.74. The molecular weight excluding hydrogens is 370 g/mol. The van der Waals surface area contributed by atoms with Crippen LogP contribution in [0.2, 0.25) is 0 Å². The Morgan fingerprint density at radius 3 is 2.52 bits per heavy atom. The van der Waals surface area contributed by atoms with Gasteiger partial charge < -0.3 is 20.2 Å². The molecule has 7 nitrogen and oxygen atoms in total. The first-order valence-electron chi connectivity index (χ1n) is 9.56. The Morgan fingerprint density at radius 1 is 1.14 bits per heavy atom. The lowest BCUT2D eigenvalue weighted by Gasteiger charge is -2.20. The summed E-state index contributed by atoms with van der Waals surface area (Å²) < 4.78 is 4.97. The third-order valence-electron chi connectivity index (χ3n) is 4.59. The van der Waals surface area contributed by atoms with Crippen molar-refractivity contribution < 1.29 is 19.2 Å². The molecule has 2 aromatic carbocycles. The number of hydrogen-bond acceptors (Lipinski definition) is 5. The van der Waals surface area contributed by atoms with E-state index in [1.54, 1.807) is 7.11 Å². The molecule has 7 heteroatoms. The maximum Gasteiger partial charge on any atom is 0.265 e. The van der Waals surface area contributed by atoms with E-state index in [2.05, 4.69) is 15.8 Å². The van der Waals surface area contributed by atoms with Crippen LogP contribution in [0.25, 0.3) is 0 Å². The van der Waals surface area contributed by atoms with E-state index in [0.29, 0.717) is 26.0 Å². The van der Waals surface area contributed by atoms with Crippen molar-refractivity contribution in [3.05, 3.63) is 71.8 Å². The molecule has 0 saturated heterocycles. The standard InChI is InChI=1S/C22H25N3O4/c1-28-13-12-23-21(26)19(14-16-8-4-2-5-9-16)24-22(27)20-15-18(25-29-20)17-10-6-3-7-11-17/h2-11,19-20H,12-15H2,1H3,(H,23,26)(H,24,27)/t19-,20+/m1/s1. The van der Waals surface area contributed by atoms with Crippen molar-refractivity contribution in [3.63, 3.8) is 0 Å². The highest BCUT2D eigenvalue weighted by Gasteiger charge is 2.32. The van der Waals surface area contributed by atoms with E-state index >= 15 is 0 Å². The normalized spacial score (nSPS) is 16.4. The average Bonchev–Trinajstić information content (AvgIpc) is 3.25. The summed E-state index contributed by atoms with van der Waals surface area (Å²) in [5.74, 6) is -0.621. The van der Waals surface area contributed by atoms with Gasteiger partial charge in [-0.1, -0.05) is 65.8 Å². The highest BCUT2D eigenvalue weighted by Crippen LogP contribution is 2.17. The summed E-state index contributed by atoms with van der Waals surface area (Å²) in [6, 6.07) is 18.4. The van der Waals surface area contributed by atoms with E-state index < -0.39 is 12.1 Å². The van der Waals surface area contributed by atoms with Crippen molar-refractivity contribution in [1.29, 1.82) is 0 Å². The minimum absolute atomic E-state index is 0.263. The fourth-order valence-corrected chi connectivity index (χ4v) is 3.04. The SMILES string of the molecule is COCCNC(=O)[C@@H](Cc1ccccc1)NC(=O)[C@@H]1CC(c2ccccc2)=NO1. The Kier molecular flexibility index (Phi) is 7.35. The van der Waals surface area contributed by atoms with Gasteiger partial charge in [-0.05, 0) is 11.1 Å². The van der Waals surface area contributed by atoms with Gasteiger partial charge in [-0.15, -0.1) is 0 Å². The van der Waals surface area contributed by atoms with E-state index in [4.69, 9.17) is 9.57 Å². The summed E-state index contributed by atoms with van der Waals surface area (Å²) in [5.41, 5.74) is 2.59. The summed E-state index contributed by atoms with van der Waals surface area (Å²) in [6.45, 7) is 0.773. The summed E-state index contributed by atoms with van der Waals surface area (Å²) in [5, 5.41) is 9.65. The number of hydrogen-bond donors (Lipinski definition) is 2. The van der Waals surface area contributed by atoms with Gasteiger partial charge in [0.05, 0.1) is 12.3 Å². The molecule has 0 spiro atoms. The van der Waals surface area contributed by atoms with Crippen molar-refractivity contribution >= 4 is 17.5 Å². The second kappa shape index (κ2) is 10.4. The van der Waals surface area contributed by atoms with Crippen molar-refractivity contribution in [2.24, 2.45) is 5.16 Å². The van der Waals surface area contributed by atoms with E-state index in [1.807, 2.05) is 60.7 Å². The number of oxime groups is 1. The van der Waals surface area contributed by atoms with Crippen LogP contribution in [0.1, 0.15) is 17.5 Å². The van der Waals surface area contributed by atoms with Crippen LogP contribution in [0.4, 0.5) is 0 Å². The molecule has 0 aromatic heterocycles. The molecular formula is C22H25N3O4. The zero-order valence-corrected chi connectivity index (χ0v) is 16.3. The summed E-state index contributed by atoms with van der Waals surface area (Å²) in [6.07, 6.45) is -0.0146. The molecule has 2 N–H and O–H groups in total. The fourth-order valence-electron chi connectivity index (χ4n) is 3.04. The minimum atomic E-state index is -0.754. The Balaban J connectivity index is 1.62. The topological polar surface area (TPSA) is 89.0 Å². The fraction of sp³-hybridized carbons (Fsp3) is 0.318. The molecule has 1 aliphatic rings. The predicted octanol–water partition coefficient (Wildman–Crippen LogP) is 1.67. The Morgan fingerprint density at radius 2 is 1.83 bits per heavy atom. The number of benzene rings is 2. The quantitative estimate of drug-likeness (QED) is 0.632. The number of carbonyl (C=O) groups excluding carboxylic acids is 2. The lowest BCUT2D eigenvalue weighted by atomic mass is 10.0. The summed E-state index contributed by atoms with van der Waals surface area (Å²) in [7, 11) is 1.57. The first-order valence-corrected chi connectivity index (χ1v) is 9.56. The number of carbonyl (C=O) groups is 2. The van der Waals surface area contributed by atoms with Crippen molar-refractivity contribution in [1.82, 2.24) is 10.6 Å². The maximum atomic E-state index is 12.7. The Labute approximate surface area is 170 Å². The third-order valence-corrected chi connectivity index (χ3v) is 4.59. The maximum absolute atomic E-state index is 12.7. The highest BCUT2D eigenvalue weighted by molar-refractivity contribution is 6.04. The molecule has 2 amide bonds. The zero-order chi connectivity index (χ0) is 20.5. The Bertz CT molecular complexity index is 840. The predicted molar refractivity (Wildman–Crippen MR) is 109 cm³/mol. The average molecular weight is 395 g/mol. The number of rotatable bonds is 9. The van der Waals surface area contributed by atoms with Crippen molar-refractivity contribution in [3.8, 4) is 0 Å². The van der Waals surface area contributed by atoms with Crippen LogP contribution in [0, 0.1) is 0 Å². The molecule has 1 aliphatic heterocycles. The van der Waals surface area contributed by atoms with Crippen LogP contribution in [0.15, 0.2) is 65.8 Å². The van der Waals surface area contributed by atoms with Crippen molar-refractivity contribution in [2.45, 2.75) is 25.0 Å². The van der Waals surface area contributed by atoms with Gasteiger partial charge >= 0.3 is 0 Å². The molecule has 2 aromatic rings. The summed E-state index contributed by atoms with van der Waals surface area (Å²) in [4.78, 5) is 30.7. The number of amides is 2. The minimum Gasteiger partial charge on any atom is -0.383 e. The van der Waals surface area contributed by atoms with Gasteiger partial charge in [0, 0.05) is 26.5 Å². The van der Waals surface area contributed by atoms with Crippen molar-refractivity contribution in [2.75, 3.05) is 20.3 Å². The van der Waals surface area contributed by atoms with Gasteiger partial charge in [0.1, 0.15) is 6.04 Å². The number of nitrogens with zero attached hydrogens (tertiary/aromatic N) is 1. The molecule has 0 unspecified atom stereocenters. The zero-order valence-electron chi connectivity index (χ0n) is 16.3.